The number of hydrogen-bond donors (Lipinski definition) is 2. The molecule has 1 unspecified atom stereocenters. The second-order valence-corrected chi connectivity index (χ2v) is 4.87. The number of aryl methyl sites for hydroxylation is 1. The summed E-state index contributed by atoms with van der Waals surface area (Å²) in [5, 5.41) is 22.9. The monoisotopic (exact) mass is 264 g/mol. The summed E-state index contributed by atoms with van der Waals surface area (Å²) in [5.41, 5.74) is 0.910. The minimum Gasteiger partial charge on any atom is -0.391 e. The average Bonchev–Trinajstić information content (AvgIpc) is 3.19. The van der Waals surface area contributed by atoms with Crippen LogP contribution in [0.5, 0.6) is 0 Å². The van der Waals surface area contributed by atoms with E-state index in [0.717, 1.165) is 12.8 Å². The molecule has 2 rings (SSSR count). The molecule has 1 aromatic rings. The van der Waals surface area contributed by atoms with E-state index in [1.54, 1.807) is 6.92 Å². The van der Waals surface area contributed by atoms with Crippen molar-refractivity contribution in [2.45, 2.75) is 25.9 Å². The van der Waals surface area contributed by atoms with Gasteiger partial charge in [0.2, 0.25) is 0 Å². The van der Waals surface area contributed by atoms with E-state index < -0.39 is 11.0 Å². The van der Waals surface area contributed by atoms with Gasteiger partial charge in [0.1, 0.15) is 0 Å². The maximum Gasteiger partial charge on any atom is 0.269 e. The minimum atomic E-state index is -0.498. The van der Waals surface area contributed by atoms with Gasteiger partial charge in [0.25, 0.3) is 11.6 Å². The van der Waals surface area contributed by atoms with E-state index >= 15 is 0 Å². The lowest BCUT2D eigenvalue weighted by Gasteiger charge is -2.11. The number of nitrogens with zero attached hydrogens (tertiary/aromatic N) is 1. The SMILES string of the molecule is Cc1cc([N+](=O)[O-])ccc1C(=O)NCC(O)C1CC1. The third-order valence-corrected chi connectivity index (χ3v) is 3.30. The van der Waals surface area contributed by atoms with Gasteiger partial charge in [-0.15, -0.1) is 0 Å². The molecule has 0 aromatic heterocycles. The Morgan fingerprint density at radius 2 is 2.26 bits per heavy atom. The predicted molar refractivity (Wildman–Crippen MR) is 68.9 cm³/mol. The van der Waals surface area contributed by atoms with Crippen molar-refractivity contribution in [3.63, 3.8) is 0 Å². The van der Waals surface area contributed by atoms with Gasteiger partial charge < -0.3 is 10.4 Å². The second-order valence-electron chi connectivity index (χ2n) is 4.87. The Bertz CT molecular complexity index is 511. The van der Waals surface area contributed by atoms with Gasteiger partial charge in [-0.05, 0) is 37.3 Å². The fourth-order valence-electron chi connectivity index (χ4n) is 1.96. The first-order chi connectivity index (χ1) is 8.99. The van der Waals surface area contributed by atoms with Crippen LogP contribution >= 0.6 is 0 Å². The number of nitro groups is 1. The maximum atomic E-state index is 11.9. The molecule has 1 amide bonds. The van der Waals surface area contributed by atoms with Crippen LogP contribution in [0, 0.1) is 23.0 Å². The summed E-state index contributed by atoms with van der Waals surface area (Å²) in [7, 11) is 0. The zero-order chi connectivity index (χ0) is 14.0. The Balaban J connectivity index is 2.00. The maximum absolute atomic E-state index is 11.9. The quantitative estimate of drug-likeness (QED) is 0.621. The van der Waals surface area contributed by atoms with Gasteiger partial charge in [0.05, 0.1) is 11.0 Å². The van der Waals surface area contributed by atoms with Gasteiger partial charge >= 0.3 is 0 Å². The molecule has 6 heteroatoms. The Hall–Kier alpha value is -1.95. The molecule has 1 saturated carbocycles. The van der Waals surface area contributed by atoms with E-state index in [2.05, 4.69) is 5.32 Å². The van der Waals surface area contributed by atoms with Crippen LogP contribution in [0.4, 0.5) is 5.69 Å². The molecule has 1 atom stereocenters. The summed E-state index contributed by atoms with van der Waals surface area (Å²) in [4.78, 5) is 22.0. The first kappa shape index (κ1) is 13.5. The van der Waals surface area contributed by atoms with Crippen LogP contribution < -0.4 is 5.32 Å². The molecule has 0 heterocycles. The van der Waals surface area contributed by atoms with Crippen molar-refractivity contribution in [2.24, 2.45) is 5.92 Å². The van der Waals surface area contributed by atoms with Crippen LogP contribution in [-0.2, 0) is 0 Å². The van der Waals surface area contributed by atoms with Gasteiger partial charge in [-0.3, -0.25) is 14.9 Å². The van der Waals surface area contributed by atoms with Gasteiger partial charge in [-0.1, -0.05) is 0 Å². The molecule has 19 heavy (non-hydrogen) atoms. The molecular weight excluding hydrogens is 248 g/mol. The molecule has 2 N–H and O–H groups in total. The standard InChI is InChI=1S/C13H16N2O4/c1-8-6-10(15(18)19)4-5-11(8)13(17)14-7-12(16)9-2-3-9/h4-6,9,12,16H,2-3,7H2,1H3,(H,14,17). The number of nitro benzene ring substituents is 1. The number of carbonyl (C=O) groups is 1. The van der Waals surface area contributed by atoms with Crippen molar-refractivity contribution in [3.8, 4) is 0 Å². The number of aliphatic hydroxyl groups is 1. The third-order valence-electron chi connectivity index (χ3n) is 3.30. The van der Waals surface area contributed by atoms with Crippen LogP contribution in [0.3, 0.4) is 0 Å². The summed E-state index contributed by atoms with van der Waals surface area (Å²) in [6.07, 6.45) is 1.52. The van der Waals surface area contributed by atoms with Gasteiger partial charge in [0, 0.05) is 24.2 Å². The molecule has 1 aromatic carbocycles. The minimum absolute atomic E-state index is 0.0351. The summed E-state index contributed by atoms with van der Waals surface area (Å²) in [6, 6.07) is 4.11. The average molecular weight is 264 g/mol. The Morgan fingerprint density at radius 1 is 1.58 bits per heavy atom. The highest BCUT2D eigenvalue weighted by Gasteiger charge is 2.29. The highest BCUT2D eigenvalue weighted by molar-refractivity contribution is 5.95. The van der Waals surface area contributed by atoms with E-state index in [1.165, 1.54) is 18.2 Å². The largest absolute Gasteiger partial charge is 0.391 e. The predicted octanol–water partition coefficient (Wildman–Crippen LogP) is 1.40. The summed E-state index contributed by atoms with van der Waals surface area (Å²) in [5.74, 6) is -0.00893. The molecule has 0 aliphatic heterocycles. The Kier molecular flexibility index (Phi) is 3.80. The van der Waals surface area contributed by atoms with Crippen LogP contribution in [-0.4, -0.2) is 28.6 Å². The number of nitrogens with one attached hydrogen (secondary N) is 1. The molecule has 1 aliphatic carbocycles. The number of rotatable bonds is 5. The van der Waals surface area contributed by atoms with E-state index in [1.807, 2.05) is 0 Å². The summed E-state index contributed by atoms with van der Waals surface area (Å²) < 4.78 is 0. The molecule has 102 valence electrons. The molecule has 1 fully saturated rings. The highest BCUT2D eigenvalue weighted by atomic mass is 16.6. The lowest BCUT2D eigenvalue weighted by atomic mass is 10.1. The molecule has 1 aliphatic rings. The zero-order valence-corrected chi connectivity index (χ0v) is 10.6. The topological polar surface area (TPSA) is 92.5 Å². The number of benzene rings is 1. The number of carbonyl (C=O) groups excluding carboxylic acids is 1. The third kappa shape index (κ3) is 3.29. The van der Waals surface area contributed by atoms with E-state index in [-0.39, 0.29) is 18.1 Å². The van der Waals surface area contributed by atoms with Crippen molar-refractivity contribution in [3.05, 3.63) is 39.4 Å². The molecule has 0 spiro atoms. The first-order valence-corrected chi connectivity index (χ1v) is 6.20. The van der Waals surface area contributed by atoms with Crippen molar-refractivity contribution in [1.29, 1.82) is 0 Å². The zero-order valence-electron chi connectivity index (χ0n) is 10.6. The Labute approximate surface area is 110 Å². The highest BCUT2D eigenvalue weighted by Crippen LogP contribution is 2.32. The fraction of sp³-hybridized carbons (Fsp3) is 0.462. The van der Waals surface area contributed by atoms with Crippen molar-refractivity contribution in [1.82, 2.24) is 5.32 Å². The first-order valence-electron chi connectivity index (χ1n) is 6.20. The smallest absolute Gasteiger partial charge is 0.269 e. The molecule has 0 radical (unpaired) electrons. The van der Waals surface area contributed by atoms with Crippen LogP contribution in [0.1, 0.15) is 28.8 Å². The normalized spacial score (nSPS) is 15.9. The molecule has 6 nitrogen and oxygen atoms in total. The van der Waals surface area contributed by atoms with Crippen LogP contribution in [0.2, 0.25) is 0 Å². The number of hydrogen-bond acceptors (Lipinski definition) is 4. The molecular formula is C13H16N2O4. The Morgan fingerprint density at radius 3 is 2.79 bits per heavy atom. The van der Waals surface area contributed by atoms with Crippen LogP contribution in [0.25, 0.3) is 0 Å². The van der Waals surface area contributed by atoms with Gasteiger partial charge in [-0.25, -0.2) is 0 Å². The van der Waals surface area contributed by atoms with Crippen molar-refractivity contribution >= 4 is 11.6 Å². The lowest BCUT2D eigenvalue weighted by Crippen LogP contribution is -2.33. The molecule has 0 saturated heterocycles. The number of aliphatic hydroxyl groups excluding tert-OH is 1. The van der Waals surface area contributed by atoms with Crippen molar-refractivity contribution < 1.29 is 14.8 Å². The van der Waals surface area contributed by atoms with E-state index in [9.17, 15) is 20.0 Å². The second kappa shape index (κ2) is 5.36. The summed E-state index contributed by atoms with van der Waals surface area (Å²) in [6.45, 7) is 1.87. The lowest BCUT2D eigenvalue weighted by molar-refractivity contribution is -0.384. The van der Waals surface area contributed by atoms with Gasteiger partial charge in [0.15, 0.2) is 0 Å². The molecule has 0 bridgehead atoms. The number of amides is 1. The number of non-ortho nitro benzene ring substituents is 1. The summed E-state index contributed by atoms with van der Waals surface area (Å²) >= 11 is 0. The van der Waals surface area contributed by atoms with Crippen molar-refractivity contribution in [2.75, 3.05) is 6.54 Å². The van der Waals surface area contributed by atoms with Gasteiger partial charge in [-0.2, -0.15) is 0 Å². The van der Waals surface area contributed by atoms with Crippen LogP contribution in [0.15, 0.2) is 18.2 Å². The van der Waals surface area contributed by atoms with E-state index in [0.29, 0.717) is 17.0 Å². The fourth-order valence-corrected chi connectivity index (χ4v) is 1.96. The van der Waals surface area contributed by atoms with E-state index in [4.69, 9.17) is 0 Å².